The third kappa shape index (κ3) is 3.68. The minimum Gasteiger partial charge on any atom is -0.479 e. The number of aliphatic hydroxyl groups excluding tert-OH is 1. The van der Waals surface area contributed by atoms with E-state index < -0.39 is 17.0 Å². The topological polar surface area (TPSA) is 101 Å². The van der Waals surface area contributed by atoms with Crippen LogP contribution in [-0.4, -0.2) is 27.0 Å². The molecule has 0 fully saturated rings. The zero-order chi connectivity index (χ0) is 13.7. The largest absolute Gasteiger partial charge is 0.479 e. The molecule has 0 radical (unpaired) electrons. The van der Waals surface area contributed by atoms with Crippen molar-refractivity contribution in [2.75, 3.05) is 5.88 Å². The van der Waals surface area contributed by atoms with Crippen molar-refractivity contribution in [3.8, 4) is 0 Å². The van der Waals surface area contributed by atoms with E-state index in [0.717, 1.165) is 6.07 Å². The van der Waals surface area contributed by atoms with Gasteiger partial charge in [0.1, 0.15) is 0 Å². The molecule has 7 heteroatoms. The lowest BCUT2D eigenvalue weighted by Gasteiger charge is -2.08. The van der Waals surface area contributed by atoms with Crippen molar-refractivity contribution in [3.05, 3.63) is 39.4 Å². The third-order valence-electron chi connectivity index (χ3n) is 2.36. The van der Waals surface area contributed by atoms with Gasteiger partial charge in [0, 0.05) is 18.0 Å². The predicted octanol–water partition coefficient (Wildman–Crippen LogP) is 1.88. The molecule has 0 aliphatic heterocycles. The molecule has 18 heavy (non-hydrogen) atoms. The summed E-state index contributed by atoms with van der Waals surface area (Å²) in [4.78, 5) is 20.8. The lowest BCUT2D eigenvalue weighted by molar-refractivity contribution is -0.385. The van der Waals surface area contributed by atoms with Crippen LogP contribution in [0.5, 0.6) is 0 Å². The quantitative estimate of drug-likeness (QED) is 0.468. The molecule has 2 N–H and O–H groups in total. The number of halogens is 1. The molecular weight excluding hydrogens is 262 g/mol. The van der Waals surface area contributed by atoms with Gasteiger partial charge < -0.3 is 10.2 Å². The number of non-ortho nitro benzene ring substituents is 1. The molecule has 0 spiro atoms. The van der Waals surface area contributed by atoms with Crippen molar-refractivity contribution >= 4 is 23.3 Å². The first kappa shape index (κ1) is 14.4. The van der Waals surface area contributed by atoms with Crippen LogP contribution in [-0.2, 0) is 11.2 Å². The average molecular weight is 274 g/mol. The van der Waals surface area contributed by atoms with Crippen LogP contribution in [0.15, 0.2) is 18.2 Å². The van der Waals surface area contributed by atoms with Gasteiger partial charge >= 0.3 is 5.97 Å². The van der Waals surface area contributed by atoms with Gasteiger partial charge in [-0.25, -0.2) is 4.79 Å². The molecule has 0 amide bonds. The molecule has 0 heterocycles. The Balaban J connectivity index is 3.13. The van der Waals surface area contributed by atoms with E-state index in [9.17, 15) is 20.0 Å². The normalized spacial score (nSPS) is 12.1. The molecule has 1 aromatic rings. The standard InChI is InChI=1S/C11H12ClNO5/c12-3-1-2-7-4-8(10(14)11(15)16)6-9(5-7)13(17)18/h4-6,10,14H,1-3H2,(H,15,16). The van der Waals surface area contributed by atoms with E-state index in [2.05, 4.69) is 0 Å². The Labute approximate surface area is 108 Å². The Kier molecular flexibility index (Phi) is 5.06. The Bertz CT molecular complexity index is 463. The van der Waals surface area contributed by atoms with Gasteiger partial charge in [0.15, 0.2) is 6.10 Å². The SMILES string of the molecule is O=C(O)C(O)c1cc(CCCCl)cc([N+](=O)[O-])c1. The highest BCUT2D eigenvalue weighted by molar-refractivity contribution is 6.17. The van der Waals surface area contributed by atoms with E-state index in [4.69, 9.17) is 16.7 Å². The van der Waals surface area contributed by atoms with Gasteiger partial charge in [0.25, 0.3) is 5.69 Å². The minimum absolute atomic E-state index is 0.00118. The van der Waals surface area contributed by atoms with Gasteiger partial charge in [-0.2, -0.15) is 0 Å². The second-order valence-electron chi connectivity index (χ2n) is 3.72. The van der Waals surface area contributed by atoms with Crippen LogP contribution in [0.25, 0.3) is 0 Å². The molecule has 6 nitrogen and oxygen atoms in total. The molecular formula is C11H12ClNO5. The maximum absolute atomic E-state index is 10.7. The monoisotopic (exact) mass is 273 g/mol. The van der Waals surface area contributed by atoms with Crippen molar-refractivity contribution in [1.29, 1.82) is 0 Å². The maximum Gasteiger partial charge on any atom is 0.337 e. The van der Waals surface area contributed by atoms with E-state index in [0.29, 0.717) is 24.3 Å². The first-order chi connectivity index (χ1) is 8.45. The zero-order valence-corrected chi connectivity index (χ0v) is 10.1. The second kappa shape index (κ2) is 6.32. The zero-order valence-electron chi connectivity index (χ0n) is 9.38. The van der Waals surface area contributed by atoms with Gasteiger partial charge in [-0.15, -0.1) is 11.6 Å². The maximum atomic E-state index is 10.7. The Morgan fingerprint density at radius 1 is 1.44 bits per heavy atom. The van der Waals surface area contributed by atoms with Gasteiger partial charge in [0.2, 0.25) is 0 Å². The average Bonchev–Trinajstić information content (AvgIpc) is 2.34. The number of hydrogen-bond acceptors (Lipinski definition) is 4. The molecule has 1 aromatic carbocycles. The molecule has 1 rings (SSSR count). The number of alkyl halides is 1. The Morgan fingerprint density at radius 3 is 2.61 bits per heavy atom. The van der Waals surface area contributed by atoms with Crippen molar-refractivity contribution in [3.63, 3.8) is 0 Å². The van der Waals surface area contributed by atoms with Crippen molar-refractivity contribution < 1.29 is 19.9 Å². The Hall–Kier alpha value is -1.66. The highest BCUT2D eigenvalue weighted by Crippen LogP contribution is 2.23. The smallest absolute Gasteiger partial charge is 0.337 e. The fourth-order valence-electron chi connectivity index (χ4n) is 1.52. The van der Waals surface area contributed by atoms with Crippen LogP contribution < -0.4 is 0 Å². The highest BCUT2D eigenvalue weighted by atomic mass is 35.5. The second-order valence-corrected chi connectivity index (χ2v) is 4.10. The summed E-state index contributed by atoms with van der Waals surface area (Å²) in [6, 6.07) is 3.85. The number of nitro groups is 1. The number of nitro benzene ring substituents is 1. The van der Waals surface area contributed by atoms with Gasteiger partial charge in [-0.1, -0.05) is 6.07 Å². The summed E-state index contributed by atoms with van der Waals surface area (Å²) in [5.41, 5.74) is 0.346. The van der Waals surface area contributed by atoms with Crippen LogP contribution in [0, 0.1) is 10.1 Å². The number of rotatable bonds is 6. The first-order valence-corrected chi connectivity index (χ1v) is 5.74. The van der Waals surface area contributed by atoms with E-state index in [1.165, 1.54) is 12.1 Å². The summed E-state index contributed by atoms with van der Waals surface area (Å²) in [6.45, 7) is 0. The first-order valence-electron chi connectivity index (χ1n) is 5.20. The number of carboxylic acids is 1. The van der Waals surface area contributed by atoms with Crippen LogP contribution in [0.1, 0.15) is 23.7 Å². The summed E-state index contributed by atoms with van der Waals surface area (Å²) in [5.74, 6) is -1.04. The summed E-state index contributed by atoms with van der Waals surface area (Å²) in [7, 11) is 0. The van der Waals surface area contributed by atoms with E-state index in [1.54, 1.807) is 0 Å². The molecule has 98 valence electrons. The van der Waals surface area contributed by atoms with Crippen molar-refractivity contribution in [1.82, 2.24) is 0 Å². The number of benzene rings is 1. The number of aliphatic carboxylic acids is 1. The summed E-state index contributed by atoms with van der Waals surface area (Å²) in [5, 5.41) is 28.8. The summed E-state index contributed by atoms with van der Waals surface area (Å²) >= 11 is 5.53. The minimum atomic E-state index is -1.76. The number of carbonyl (C=O) groups is 1. The lowest BCUT2D eigenvalue weighted by atomic mass is 10.0. The van der Waals surface area contributed by atoms with Crippen LogP contribution in [0.4, 0.5) is 5.69 Å². The molecule has 1 unspecified atom stereocenters. The van der Waals surface area contributed by atoms with Crippen LogP contribution >= 0.6 is 11.6 Å². The van der Waals surface area contributed by atoms with E-state index in [1.807, 2.05) is 0 Å². The molecule has 0 aromatic heterocycles. The highest BCUT2D eigenvalue weighted by Gasteiger charge is 2.20. The number of aryl methyl sites for hydroxylation is 1. The van der Waals surface area contributed by atoms with E-state index in [-0.39, 0.29) is 11.3 Å². The molecule has 0 saturated carbocycles. The van der Waals surface area contributed by atoms with Crippen LogP contribution in [0.2, 0.25) is 0 Å². The number of carboxylic acid groups (broad SMARTS) is 1. The number of hydrogen-bond donors (Lipinski definition) is 2. The third-order valence-corrected chi connectivity index (χ3v) is 2.63. The molecule has 0 aliphatic rings. The van der Waals surface area contributed by atoms with Gasteiger partial charge in [-0.05, 0) is 24.0 Å². The molecule has 1 atom stereocenters. The summed E-state index contributed by atoms with van der Waals surface area (Å²) < 4.78 is 0. The van der Waals surface area contributed by atoms with E-state index >= 15 is 0 Å². The van der Waals surface area contributed by atoms with Gasteiger partial charge in [-0.3, -0.25) is 10.1 Å². The van der Waals surface area contributed by atoms with Crippen molar-refractivity contribution in [2.45, 2.75) is 18.9 Å². The molecule has 0 aliphatic carbocycles. The summed E-state index contributed by atoms with van der Waals surface area (Å²) in [6.07, 6.45) is -0.657. The van der Waals surface area contributed by atoms with Crippen molar-refractivity contribution in [2.24, 2.45) is 0 Å². The fourth-order valence-corrected chi connectivity index (χ4v) is 1.65. The number of aliphatic hydroxyl groups is 1. The fraction of sp³-hybridized carbons (Fsp3) is 0.364. The van der Waals surface area contributed by atoms with Crippen LogP contribution in [0.3, 0.4) is 0 Å². The van der Waals surface area contributed by atoms with Gasteiger partial charge in [0.05, 0.1) is 4.92 Å². The Morgan fingerprint density at radius 2 is 2.11 bits per heavy atom. The molecule has 0 bridgehead atoms. The number of nitrogens with zero attached hydrogens (tertiary/aromatic N) is 1. The molecule has 0 saturated heterocycles. The predicted molar refractivity (Wildman–Crippen MR) is 64.7 cm³/mol. The lowest BCUT2D eigenvalue weighted by Crippen LogP contribution is -2.11.